The molecule has 0 aliphatic rings. The summed E-state index contributed by atoms with van der Waals surface area (Å²) in [5.74, 6) is -0.995. The Bertz CT molecular complexity index is 615. The van der Waals surface area contributed by atoms with Crippen LogP contribution < -0.4 is 10.0 Å². The number of phenols is 1. The number of carbonyl (C=O) groups excluding carboxylic acids is 2. The maximum Gasteiger partial charge on any atom is 0.229 e. The van der Waals surface area contributed by atoms with Crippen LogP contribution in [0.25, 0.3) is 0 Å². The summed E-state index contributed by atoms with van der Waals surface area (Å²) in [6.07, 6.45) is 1.27. The van der Waals surface area contributed by atoms with Crippen molar-refractivity contribution in [1.29, 1.82) is 0 Å². The Balaban J connectivity index is 3.09. The zero-order valence-electron chi connectivity index (χ0n) is 9.81. The normalized spacial score (nSPS) is 10.8. The van der Waals surface area contributed by atoms with Crippen LogP contribution in [-0.4, -0.2) is 38.5 Å². The molecule has 9 heteroatoms. The van der Waals surface area contributed by atoms with Gasteiger partial charge >= 0.3 is 0 Å². The second-order valence-corrected chi connectivity index (χ2v) is 5.80. The fraction of sp³-hybridized carbons (Fsp3) is 0.200. The molecule has 0 saturated heterocycles. The van der Waals surface area contributed by atoms with E-state index in [4.69, 9.17) is 11.6 Å². The summed E-state index contributed by atoms with van der Waals surface area (Å²) in [6.45, 7) is -0.299. The van der Waals surface area contributed by atoms with Crippen molar-refractivity contribution in [2.24, 2.45) is 0 Å². The van der Waals surface area contributed by atoms with Crippen molar-refractivity contribution in [2.45, 2.75) is 0 Å². The number of aromatic hydroxyl groups is 1. The molecule has 0 aromatic heterocycles. The Hall–Kier alpha value is -1.80. The van der Waals surface area contributed by atoms with E-state index in [1.165, 1.54) is 0 Å². The quantitative estimate of drug-likeness (QED) is 0.518. The molecule has 0 unspecified atom stereocenters. The van der Waals surface area contributed by atoms with Gasteiger partial charge in [-0.2, -0.15) is 0 Å². The molecule has 1 rings (SSSR count). The van der Waals surface area contributed by atoms with E-state index in [1.807, 2.05) is 0 Å². The SMILES string of the molecule is CS(=O)(=O)Nc1cc(O)c(C(=O)CNC=O)cc1Cl. The highest BCUT2D eigenvalue weighted by atomic mass is 35.5. The molecule has 1 aromatic rings. The number of hydrogen-bond donors (Lipinski definition) is 3. The first-order chi connectivity index (χ1) is 8.74. The van der Waals surface area contributed by atoms with E-state index < -0.39 is 21.6 Å². The first-order valence-electron chi connectivity index (χ1n) is 4.95. The number of ketones is 1. The Morgan fingerprint density at radius 3 is 2.63 bits per heavy atom. The van der Waals surface area contributed by atoms with Crippen LogP contribution in [0.2, 0.25) is 5.02 Å². The van der Waals surface area contributed by atoms with Gasteiger partial charge in [0.25, 0.3) is 0 Å². The molecule has 1 amide bonds. The third kappa shape index (κ3) is 4.42. The summed E-state index contributed by atoms with van der Waals surface area (Å²) in [4.78, 5) is 21.7. The van der Waals surface area contributed by atoms with E-state index in [9.17, 15) is 23.1 Å². The van der Waals surface area contributed by atoms with Crippen molar-refractivity contribution < 1.29 is 23.1 Å². The molecule has 1 aromatic carbocycles. The maximum atomic E-state index is 11.6. The number of rotatable bonds is 6. The molecular formula is C10H11ClN2O5S. The van der Waals surface area contributed by atoms with Gasteiger partial charge in [-0.3, -0.25) is 14.3 Å². The van der Waals surface area contributed by atoms with Crippen LogP contribution in [0.1, 0.15) is 10.4 Å². The van der Waals surface area contributed by atoms with Gasteiger partial charge in [-0.25, -0.2) is 8.42 Å². The maximum absolute atomic E-state index is 11.6. The van der Waals surface area contributed by atoms with Gasteiger partial charge in [0.15, 0.2) is 5.78 Å². The zero-order valence-corrected chi connectivity index (χ0v) is 11.4. The van der Waals surface area contributed by atoms with Gasteiger partial charge in [-0.1, -0.05) is 11.6 Å². The Morgan fingerprint density at radius 1 is 1.47 bits per heavy atom. The lowest BCUT2D eigenvalue weighted by Crippen LogP contribution is -2.21. The molecule has 104 valence electrons. The number of phenolic OH excluding ortho intramolecular Hbond substituents is 1. The molecule has 0 saturated carbocycles. The summed E-state index contributed by atoms with van der Waals surface area (Å²) in [5, 5.41) is 11.8. The minimum Gasteiger partial charge on any atom is -0.507 e. The smallest absolute Gasteiger partial charge is 0.229 e. The molecule has 0 fully saturated rings. The lowest BCUT2D eigenvalue weighted by atomic mass is 10.1. The number of sulfonamides is 1. The first-order valence-corrected chi connectivity index (χ1v) is 7.22. The second-order valence-electron chi connectivity index (χ2n) is 3.65. The van der Waals surface area contributed by atoms with Gasteiger partial charge in [0.2, 0.25) is 16.4 Å². The highest BCUT2D eigenvalue weighted by Gasteiger charge is 2.16. The minimum atomic E-state index is -3.55. The predicted molar refractivity (Wildman–Crippen MR) is 70.0 cm³/mol. The average molecular weight is 307 g/mol. The third-order valence-corrected chi connectivity index (χ3v) is 2.93. The zero-order chi connectivity index (χ0) is 14.6. The van der Waals surface area contributed by atoms with Gasteiger partial charge in [0.05, 0.1) is 29.1 Å². The summed E-state index contributed by atoms with van der Waals surface area (Å²) in [7, 11) is -3.55. The number of nitrogens with one attached hydrogen (secondary N) is 2. The van der Waals surface area contributed by atoms with Crippen molar-refractivity contribution >= 4 is 39.5 Å². The van der Waals surface area contributed by atoms with Gasteiger partial charge in [-0.15, -0.1) is 0 Å². The van der Waals surface area contributed by atoms with Crippen molar-refractivity contribution in [3.05, 3.63) is 22.7 Å². The predicted octanol–water partition coefficient (Wildman–Crippen LogP) is 0.346. The van der Waals surface area contributed by atoms with E-state index in [2.05, 4.69) is 10.0 Å². The lowest BCUT2D eigenvalue weighted by Gasteiger charge is -2.10. The van der Waals surface area contributed by atoms with Crippen molar-refractivity contribution in [2.75, 3.05) is 17.5 Å². The van der Waals surface area contributed by atoms with Gasteiger partial charge in [0, 0.05) is 6.07 Å². The van der Waals surface area contributed by atoms with Gasteiger partial charge < -0.3 is 10.4 Å². The molecule has 0 spiro atoms. The molecule has 0 atom stereocenters. The first kappa shape index (κ1) is 15.3. The van der Waals surface area contributed by atoms with E-state index in [0.717, 1.165) is 18.4 Å². The summed E-state index contributed by atoms with van der Waals surface area (Å²) in [5.41, 5.74) is -0.153. The van der Waals surface area contributed by atoms with Crippen molar-refractivity contribution in [3.8, 4) is 5.75 Å². The average Bonchev–Trinajstić information content (AvgIpc) is 2.28. The van der Waals surface area contributed by atoms with Gasteiger partial charge in [-0.05, 0) is 6.07 Å². The molecule has 0 aliphatic carbocycles. The number of Topliss-reactive ketones (excluding diaryl/α,β-unsaturated/α-hetero) is 1. The highest BCUT2D eigenvalue weighted by molar-refractivity contribution is 7.92. The monoisotopic (exact) mass is 306 g/mol. The van der Waals surface area contributed by atoms with Crippen LogP contribution in [0, 0.1) is 0 Å². The summed E-state index contributed by atoms with van der Waals surface area (Å²) >= 11 is 5.81. The molecule has 7 nitrogen and oxygen atoms in total. The lowest BCUT2D eigenvalue weighted by molar-refractivity contribution is -0.109. The van der Waals surface area contributed by atoms with Gasteiger partial charge in [0.1, 0.15) is 5.75 Å². The van der Waals surface area contributed by atoms with E-state index in [1.54, 1.807) is 0 Å². The number of anilines is 1. The van der Waals surface area contributed by atoms with Crippen molar-refractivity contribution in [3.63, 3.8) is 0 Å². The largest absolute Gasteiger partial charge is 0.507 e. The molecule has 0 aliphatic heterocycles. The molecule has 0 radical (unpaired) electrons. The molecule has 0 bridgehead atoms. The fourth-order valence-electron chi connectivity index (χ4n) is 1.29. The fourth-order valence-corrected chi connectivity index (χ4v) is 2.13. The minimum absolute atomic E-state index is 0.0402. The Labute approximate surface area is 114 Å². The number of hydrogen-bond acceptors (Lipinski definition) is 5. The number of amides is 1. The molecule has 19 heavy (non-hydrogen) atoms. The number of halogens is 1. The molecule has 3 N–H and O–H groups in total. The third-order valence-electron chi connectivity index (χ3n) is 2.03. The second kappa shape index (κ2) is 5.89. The van der Waals surface area contributed by atoms with Crippen molar-refractivity contribution in [1.82, 2.24) is 5.32 Å². The van der Waals surface area contributed by atoms with Crippen LogP contribution in [-0.2, 0) is 14.8 Å². The highest BCUT2D eigenvalue weighted by Crippen LogP contribution is 2.30. The van der Waals surface area contributed by atoms with E-state index >= 15 is 0 Å². The number of carbonyl (C=O) groups is 2. The van der Waals surface area contributed by atoms with Crippen LogP contribution in [0.4, 0.5) is 5.69 Å². The molecular weight excluding hydrogens is 296 g/mol. The number of benzene rings is 1. The van der Waals surface area contributed by atoms with Crippen LogP contribution in [0.5, 0.6) is 5.75 Å². The van der Waals surface area contributed by atoms with E-state index in [-0.39, 0.29) is 22.8 Å². The van der Waals surface area contributed by atoms with Crippen LogP contribution in [0.3, 0.4) is 0 Å². The topological polar surface area (TPSA) is 113 Å². The summed E-state index contributed by atoms with van der Waals surface area (Å²) in [6, 6.07) is 2.15. The Kier molecular flexibility index (Phi) is 4.73. The van der Waals surface area contributed by atoms with Crippen LogP contribution >= 0.6 is 11.6 Å². The van der Waals surface area contributed by atoms with Crippen LogP contribution in [0.15, 0.2) is 12.1 Å². The Morgan fingerprint density at radius 2 is 2.11 bits per heavy atom. The molecule has 0 heterocycles. The van der Waals surface area contributed by atoms with E-state index in [0.29, 0.717) is 6.41 Å². The standard InChI is InChI=1S/C10H11ClN2O5S/c1-19(17,18)13-8-3-9(15)6(2-7(8)11)10(16)4-12-5-14/h2-3,5,13,15H,4H2,1H3,(H,12,14). The summed E-state index contributed by atoms with van der Waals surface area (Å²) < 4.78 is 24.2.